The molecule has 1 heterocycles. The van der Waals surface area contributed by atoms with E-state index >= 15 is 0 Å². The molecule has 0 bridgehead atoms. The number of nitrogen functional groups attached to an aromatic ring is 1. The summed E-state index contributed by atoms with van der Waals surface area (Å²) in [6.07, 6.45) is 1.34. The fourth-order valence-corrected chi connectivity index (χ4v) is 1.70. The smallest absolute Gasteiger partial charge is 0.136 e. The molecular formula is C13H20N2O. The predicted molar refractivity (Wildman–Crippen MR) is 68.7 cm³/mol. The summed E-state index contributed by atoms with van der Waals surface area (Å²) in [5.41, 5.74) is 7.54. The van der Waals surface area contributed by atoms with Gasteiger partial charge in [-0.05, 0) is 24.3 Å². The summed E-state index contributed by atoms with van der Waals surface area (Å²) >= 11 is 0. The number of carbonyl (C=O) groups excluding carboxylic acids is 1. The minimum atomic E-state index is 0.372. The van der Waals surface area contributed by atoms with Gasteiger partial charge in [0.05, 0.1) is 0 Å². The first-order valence-corrected chi connectivity index (χ1v) is 5.88. The van der Waals surface area contributed by atoms with Crippen LogP contribution in [0.3, 0.4) is 0 Å². The summed E-state index contributed by atoms with van der Waals surface area (Å²) < 4.78 is 0. The van der Waals surface area contributed by atoms with Crippen molar-refractivity contribution in [2.75, 3.05) is 23.7 Å². The number of anilines is 2. The van der Waals surface area contributed by atoms with Crippen LogP contribution < -0.4 is 10.6 Å². The van der Waals surface area contributed by atoms with Crippen molar-refractivity contribution in [3.8, 4) is 0 Å². The van der Waals surface area contributed by atoms with Gasteiger partial charge in [-0.1, -0.05) is 13.8 Å². The molecule has 0 saturated carbocycles. The molecule has 0 aliphatic carbocycles. The molecule has 2 rings (SSSR count). The van der Waals surface area contributed by atoms with Gasteiger partial charge in [0.15, 0.2) is 0 Å². The topological polar surface area (TPSA) is 46.3 Å². The third-order valence-corrected chi connectivity index (χ3v) is 2.58. The van der Waals surface area contributed by atoms with E-state index in [9.17, 15) is 4.79 Å². The lowest BCUT2D eigenvalue weighted by atomic mass is 10.1. The average molecular weight is 220 g/mol. The van der Waals surface area contributed by atoms with Crippen LogP contribution in [0.5, 0.6) is 0 Å². The van der Waals surface area contributed by atoms with Crippen LogP contribution in [0.15, 0.2) is 24.3 Å². The van der Waals surface area contributed by atoms with E-state index in [1.807, 2.05) is 38.1 Å². The molecule has 3 nitrogen and oxygen atoms in total. The van der Waals surface area contributed by atoms with E-state index in [0.717, 1.165) is 24.5 Å². The Morgan fingerprint density at radius 3 is 2.06 bits per heavy atom. The Morgan fingerprint density at radius 2 is 1.56 bits per heavy atom. The molecule has 1 saturated heterocycles. The fourth-order valence-electron chi connectivity index (χ4n) is 1.70. The molecule has 1 aliphatic heterocycles. The van der Waals surface area contributed by atoms with Crippen LogP contribution in [-0.2, 0) is 4.79 Å². The minimum absolute atomic E-state index is 0.372. The molecule has 16 heavy (non-hydrogen) atoms. The summed E-state index contributed by atoms with van der Waals surface area (Å²) in [7, 11) is 0. The van der Waals surface area contributed by atoms with Crippen LogP contribution in [0.4, 0.5) is 11.4 Å². The Balaban J connectivity index is 0.000000606. The largest absolute Gasteiger partial charge is 0.399 e. The van der Waals surface area contributed by atoms with Gasteiger partial charge in [0.2, 0.25) is 0 Å². The van der Waals surface area contributed by atoms with Crippen molar-refractivity contribution in [3.05, 3.63) is 24.3 Å². The van der Waals surface area contributed by atoms with Crippen molar-refractivity contribution >= 4 is 17.2 Å². The summed E-state index contributed by atoms with van der Waals surface area (Å²) in [5.74, 6) is 0.372. The Labute approximate surface area is 97.2 Å². The van der Waals surface area contributed by atoms with Gasteiger partial charge in [0.1, 0.15) is 5.78 Å². The normalized spacial score (nSPS) is 15.4. The number of ketones is 1. The maximum absolute atomic E-state index is 11.0. The zero-order valence-electron chi connectivity index (χ0n) is 10.1. The lowest BCUT2D eigenvalue weighted by Crippen LogP contribution is -2.33. The number of hydrogen-bond donors (Lipinski definition) is 1. The van der Waals surface area contributed by atoms with Gasteiger partial charge >= 0.3 is 0 Å². The number of benzene rings is 1. The Kier molecular flexibility index (Phi) is 4.83. The first-order valence-electron chi connectivity index (χ1n) is 5.88. The zero-order chi connectivity index (χ0) is 12.0. The Morgan fingerprint density at radius 1 is 1.06 bits per heavy atom. The second-order valence-electron chi connectivity index (χ2n) is 3.62. The van der Waals surface area contributed by atoms with Crippen LogP contribution >= 0.6 is 0 Å². The molecule has 0 aromatic heterocycles. The number of hydrogen-bond acceptors (Lipinski definition) is 3. The fraction of sp³-hybridized carbons (Fsp3) is 0.462. The van der Waals surface area contributed by atoms with Crippen molar-refractivity contribution < 1.29 is 4.79 Å². The van der Waals surface area contributed by atoms with Gasteiger partial charge in [0.25, 0.3) is 0 Å². The Hall–Kier alpha value is -1.51. The minimum Gasteiger partial charge on any atom is -0.399 e. The summed E-state index contributed by atoms with van der Waals surface area (Å²) in [5, 5.41) is 0. The molecule has 0 spiro atoms. The van der Waals surface area contributed by atoms with Gasteiger partial charge in [-0.15, -0.1) is 0 Å². The number of carbonyl (C=O) groups is 1. The maximum Gasteiger partial charge on any atom is 0.136 e. The highest BCUT2D eigenvalue weighted by Gasteiger charge is 2.15. The molecule has 1 aromatic carbocycles. The van der Waals surface area contributed by atoms with Crippen molar-refractivity contribution in [3.63, 3.8) is 0 Å². The van der Waals surface area contributed by atoms with Crippen LogP contribution in [-0.4, -0.2) is 18.9 Å². The van der Waals surface area contributed by atoms with Crippen molar-refractivity contribution in [1.82, 2.24) is 0 Å². The van der Waals surface area contributed by atoms with Crippen molar-refractivity contribution in [2.45, 2.75) is 26.7 Å². The van der Waals surface area contributed by atoms with Gasteiger partial charge in [-0.2, -0.15) is 0 Å². The highest BCUT2D eigenvalue weighted by atomic mass is 16.1. The van der Waals surface area contributed by atoms with E-state index in [0.29, 0.717) is 18.6 Å². The Bertz CT molecular complexity index is 322. The highest BCUT2D eigenvalue weighted by molar-refractivity contribution is 5.81. The van der Waals surface area contributed by atoms with Gasteiger partial charge in [-0.25, -0.2) is 0 Å². The highest BCUT2D eigenvalue weighted by Crippen LogP contribution is 2.19. The predicted octanol–water partition coefficient (Wildman–Crippen LogP) is 2.46. The second-order valence-corrected chi connectivity index (χ2v) is 3.62. The van der Waals surface area contributed by atoms with E-state index < -0.39 is 0 Å². The van der Waals surface area contributed by atoms with E-state index in [1.54, 1.807) is 0 Å². The standard InChI is InChI=1S/C11H14N2O.C2H6/c12-9-1-3-10(4-2-9)13-7-5-11(14)6-8-13;1-2/h1-4H,5-8,12H2;1-2H3. The number of piperidine rings is 1. The molecule has 1 fully saturated rings. The molecule has 0 radical (unpaired) electrons. The third kappa shape index (κ3) is 3.26. The molecule has 88 valence electrons. The van der Waals surface area contributed by atoms with E-state index in [-0.39, 0.29) is 0 Å². The quantitative estimate of drug-likeness (QED) is 0.739. The van der Waals surface area contributed by atoms with Gasteiger partial charge in [0, 0.05) is 37.3 Å². The zero-order valence-corrected chi connectivity index (χ0v) is 10.1. The number of nitrogens with two attached hydrogens (primary N) is 1. The van der Waals surface area contributed by atoms with Crippen molar-refractivity contribution in [2.24, 2.45) is 0 Å². The molecule has 3 heteroatoms. The van der Waals surface area contributed by atoms with Crippen LogP contribution in [0.2, 0.25) is 0 Å². The first kappa shape index (κ1) is 12.6. The van der Waals surface area contributed by atoms with Crippen molar-refractivity contribution in [1.29, 1.82) is 0 Å². The molecular weight excluding hydrogens is 200 g/mol. The average Bonchev–Trinajstić information content (AvgIpc) is 2.34. The van der Waals surface area contributed by atoms with E-state index in [2.05, 4.69) is 4.90 Å². The lowest BCUT2D eigenvalue weighted by molar-refractivity contribution is -0.119. The summed E-state index contributed by atoms with van der Waals surface area (Å²) in [6.45, 7) is 5.67. The molecule has 1 aromatic rings. The molecule has 2 N–H and O–H groups in total. The molecule has 1 aliphatic rings. The first-order chi connectivity index (χ1) is 7.75. The maximum atomic E-state index is 11.0. The van der Waals surface area contributed by atoms with Gasteiger partial charge < -0.3 is 10.6 Å². The van der Waals surface area contributed by atoms with Crippen LogP contribution in [0, 0.1) is 0 Å². The number of Topliss-reactive ketones (excluding diaryl/α,β-unsaturated/α-hetero) is 1. The van der Waals surface area contributed by atoms with E-state index in [1.165, 1.54) is 0 Å². The number of rotatable bonds is 1. The second kappa shape index (κ2) is 6.16. The SMILES string of the molecule is CC.Nc1ccc(N2CCC(=O)CC2)cc1. The molecule has 0 amide bonds. The third-order valence-electron chi connectivity index (χ3n) is 2.58. The van der Waals surface area contributed by atoms with E-state index in [4.69, 9.17) is 5.73 Å². The van der Waals surface area contributed by atoms with Gasteiger partial charge in [-0.3, -0.25) is 4.79 Å². The monoisotopic (exact) mass is 220 g/mol. The summed E-state index contributed by atoms with van der Waals surface area (Å²) in [6, 6.07) is 7.80. The summed E-state index contributed by atoms with van der Waals surface area (Å²) in [4.78, 5) is 13.3. The van der Waals surface area contributed by atoms with Crippen LogP contribution in [0.25, 0.3) is 0 Å². The molecule has 0 unspecified atom stereocenters. The molecule has 0 atom stereocenters. The number of nitrogens with zero attached hydrogens (tertiary/aromatic N) is 1. The van der Waals surface area contributed by atoms with Crippen LogP contribution in [0.1, 0.15) is 26.7 Å². The lowest BCUT2D eigenvalue weighted by Gasteiger charge is -2.28.